The van der Waals surface area contributed by atoms with Gasteiger partial charge in [0.25, 0.3) is 5.91 Å². The number of rotatable bonds is 3. The predicted octanol–water partition coefficient (Wildman–Crippen LogP) is 2.95. The summed E-state index contributed by atoms with van der Waals surface area (Å²) in [6.07, 6.45) is 0. The lowest BCUT2D eigenvalue weighted by atomic mass is 9.98. The molecular formula is C23H21ClN2O6S. The molecule has 0 unspecified atom stereocenters. The first-order valence-corrected chi connectivity index (χ1v) is 12.2. The molecule has 5 rings (SSSR count). The van der Waals surface area contributed by atoms with Gasteiger partial charge in [-0.25, -0.2) is 8.42 Å². The normalized spacial score (nSPS) is 19.3. The number of fused-ring (bicyclic) bond motifs is 2. The van der Waals surface area contributed by atoms with Gasteiger partial charge >= 0.3 is 0 Å². The van der Waals surface area contributed by atoms with Crippen LogP contribution in [0.2, 0.25) is 5.02 Å². The summed E-state index contributed by atoms with van der Waals surface area (Å²) in [5.74, 6) is -0.418. The van der Waals surface area contributed by atoms with Crippen molar-refractivity contribution in [1.29, 1.82) is 0 Å². The SMILES string of the molecule is Cc1cc2oc3c(c(=O)c2cc1Cl)[C@H](c1ccc(S(=O)(=O)N2CCOCC2)cc1)N(C)C3=O. The van der Waals surface area contributed by atoms with Crippen LogP contribution >= 0.6 is 11.6 Å². The summed E-state index contributed by atoms with van der Waals surface area (Å²) in [6, 6.07) is 8.75. The molecular weight excluding hydrogens is 468 g/mol. The number of aryl methyl sites for hydroxylation is 1. The van der Waals surface area contributed by atoms with Gasteiger partial charge in [-0.3, -0.25) is 9.59 Å². The number of carbonyl (C=O) groups is 1. The van der Waals surface area contributed by atoms with E-state index in [-0.39, 0.29) is 21.6 Å². The molecule has 3 heterocycles. The molecule has 1 fully saturated rings. The van der Waals surface area contributed by atoms with Gasteiger partial charge in [-0.15, -0.1) is 0 Å². The van der Waals surface area contributed by atoms with Gasteiger partial charge < -0.3 is 14.1 Å². The highest BCUT2D eigenvalue weighted by Crippen LogP contribution is 2.38. The standard InChI is InChI=1S/C23H21ClN2O6S/c1-13-11-18-16(12-17(13)24)21(27)19-20(25(2)23(28)22(19)32-18)14-3-5-15(6-4-14)33(29,30)26-7-9-31-10-8-26/h3-6,11-12,20H,7-10H2,1-2H3/t20-/m0/s1. The molecule has 0 spiro atoms. The molecule has 1 amide bonds. The summed E-state index contributed by atoms with van der Waals surface area (Å²) in [6.45, 7) is 3.10. The van der Waals surface area contributed by atoms with Crippen molar-refractivity contribution in [3.63, 3.8) is 0 Å². The topological polar surface area (TPSA) is 97.1 Å². The minimum atomic E-state index is -3.66. The molecule has 0 radical (unpaired) electrons. The number of halogens is 1. The summed E-state index contributed by atoms with van der Waals surface area (Å²) < 4.78 is 38.3. The van der Waals surface area contributed by atoms with Gasteiger partial charge in [0, 0.05) is 25.2 Å². The van der Waals surface area contributed by atoms with Crippen molar-refractivity contribution in [1.82, 2.24) is 9.21 Å². The Kier molecular flexibility index (Phi) is 5.32. The van der Waals surface area contributed by atoms with E-state index >= 15 is 0 Å². The van der Waals surface area contributed by atoms with Crippen LogP contribution in [-0.4, -0.2) is 56.9 Å². The van der Waals surface area contributed by atoms with Gasteiger partial charge in [-0.1, -0.05) is 23.7 Å². The molecule has 10 heteroatoms. The summed E-state index contributed by atoms with van der Waals surface area (Å²) >= 11 is 6.22. The van der Waals surface area contributed by atoms with Gasteiger partial charge in [-0.05, 0) is 42.3 Å². The van der Waals surface area contributed by atoms with Crippen molar-refractivity contribution >= 4 is 38.5 Å². The van der Waals surface area contributed by atoms with E-state index in [9.17, 15) is 18.0 Å². The van der Waals surface area contributed by atoms with Crippen LogP contribution in [0.5, 0.6) is 0 Å². The fourth-order valence-corrected chi connectivity index (χ4v) is 5.93. The van der Waals surface area contributed by atoms with Crippen molar-refractivity contribution in [3.8, 4) is 0 Å². The molecule has 8 nitrogen and oxygen atoms in total. The zero-order chi connectivity index (χ0) is 23.5. The van der Waals surface area contributed by atoms with Crippen LogP contribution in [0.15, 0.2) is 50.5 Å². The van der Waals surface area contributed by atoms with Crippen LogP contribution in [0.3, 0.4) is 0 Å². The van der Waals surface area contributed by atoms with Crippen molar-refractivity contribution in [3.05, 3.63) is 74.1 Å². The summed E-state index contributed by atoms with van der Waals surface area (Å²) in [4.78, 5) is 27.9. The lowest BCUT2D eigenvalue weighted by Crippen LogP contribution is -2.40. The highest BCUT2D eigenvalue weighted by atomic mass is 35.5. The molecule has 1 atom stereocenters. The Bertz CT molecular complexity index is 1440. The molecule has 0 saturated carbocycles. The Labute approximate surface area is 195 Å². The maximum absolute atomic E-state index is 13.4. The Hall–Kier alpha value is -2.72. The number of hydrogen-bond acceptors (Lipinski definition) is 6. The smallest absolute Gasteiger partial charge is 0.290 e. The third kappa shape index (κ3) is 3.47. The van der Waals surface area contributed by atoms with E-state index in [0.717, 1.165) is 5.56 Å². The average Bonchev–Trinajstić information content (AvgIpc) is 3.06. The number of carbonyl (C=O) groups excluding carboxylic acids is 1. The minimum absolute atomic E-state index is 0.00765. The van der Waals surface area contributed by atoms with Gasteiger partial charge in [0.1, 0.15) is 5.58 Å². The van der Waals surface area contributed by atoms with E-state index in [1.165, 1.54) is 21.3 Å². The molecule has 33 heavy (non-hydrogen) atoms. The fraction of sp³-hybridized carbons (Fsp3) is 0.304. The first kappa shape index (κ1) is 22.1. The Balaban J connectivity index is 1.59. The molecule has 1 aromatic heterocycles. The number of benzene rings is 2. The Morgan fingerprint density at radius 2 is 1.73 bits per heavy atom. The van der Waals surface area contributed by atoms with Crippen molar-refractivity contribution < 1.29 is 22.4 Å². The number of morpholine rings is 1. The molecule has 0 bridgehead atoms. The largest absolute Gasteiger partial charge is 0.450 e. The predicted molar refractivity (Wildman–Crippen MR) is 122 cm³/mol. The summed E-state index contributed by atoms with van der Waals surface area (Å²) in [5.41, 5.74) is 1.53. The van der Waals surface area contributed by atoms with Gasteiger partial charge in [0.15, 0.2) is 5.43 Å². The highest BCUT2D eigenvalue weighted by molar-refractivity contribution is 7.89. The van der Waals surface area contributed by atoms with E-state index in [0.29, 0.717) is 47.9 Å². The van der Waals surface area contributed by atoms with Crippen LogP contribution in [0.1, 0.15) is 33.3 Å². The second-order valence-electron chi connectivity index (χ2n) is 8.18. The van der Waals surface area contributed by atoms with Crippen LogP contribution in [-0.2, 0) is 14.8 Å². The maximum Gasteiger partial charge on any atom is 0.290 e. The van der Waals surface area contributed by atoms with Crippen molar-refractivity contribution in [2.24, 2.45) is 0 Å². The zero-order valence-electron chi connectivity index (χ0n) is 18.0. The van der Waals surface area contributed by atoms with Gasteiger partial charge in [-0.2, -0.15) is 4.31 Å². The van der Waals surface area contributed by atoms with E-state index in [1.54, 1.807) is 38.2 Å². The number of hydrogen-bond donors (Lipinski definition) is 0. The number of sulfonamides is 1. The monoisotopic (exact) mass is 488 g/mol. The van der Waals surface area contributed by atoms with E-state index < -0.39 is 22.0 Å². The summed E-state index contributed by atoms with van der Waals surface area (Å²) in [7, 11) is -2.07. The number of nitrogens with zero attached hydrogens (tertiary/aromatic N) is 2. The van der Waals surface area contributed by atoms with Crippen molar-refractivity contribution in [2.75, 3.05) is 33.4 Å². The molecule has 1 saturated heterocycles. The third-order valence-corrected chi connectivity index (χ3v) is 8.51. The van der Waals surface area contributed by atoms with Gasteiger partial charge in [0.2, 0.25) is 15.8 Å². The quantitative estimate of drug-likeness (QED) is 0.562. The van der Waals surface area contributed by atoms with E-state index in [1.807, 2.05) is 0 Å². The zero-order valence-corrected chi connectivity index (χ0v) is 19.6. The van der Waals surface area contributed by atoms with Gasteiger partial charge in [0.05, 0.1) is 35.1 Å². The fourth-order valence-electron chi connectivity index (χ4n) is 4.36. The summed E-state index contributed by atoms with van der Waals surface area (Å²) in [5, 5.41) is 0.727. The Morgan fingerprint density at radius 1 is 1.06 bits per heavy atom. The molecule has 3 aromatic rings. The van der Waals surface area contributed by atoms with Crippen molar-refractivity contribution in [2.45, 2.75) is 17.9 Å². The lowest BCUT2D eigenvalue weighted by molar-refractivity contribution is 0.0730. The number of ether oxygens (including phenoxy) is 1. The third-order valence-electron chi connectivity index (χ3n) is 6.19. The number of amides is 1. The lowest BCUT2D eigenvalue weighted by Gasteiger charge is -2.26. The average molecular weight is 489 g/mol. The van der Waals surface area contributed by atoms with E-state index in [4.69, 9.17) is 20.8 Å². The highest BCUT2D eigenvalue weighted by Gasteiger charge is 2.41. The van der Waals surface area contributed by atoms with Crippen LogP contribution in [0, 0.1) is 6.92 Å². The second-order valence-corrected chi connectivity index (χ2v) is 10.5. The second kappa shape index (κ2) is 7.95. The molecule has 2 aliphatic rings. The molecule has 2 aromatic carbocycles. The Morgan fingerprint density at radius 3 is 2.39 bits per heavy atom. The van der Waals surface area contributed by atoms with Crippen LogP contribution in [0.25, 0.3) is 11.0 Å². The first-order valence-electron chi connectivity index (χ1n) is 10.4. The minimum Gasteiger partial charge on any atom is -0.450 e. The van der Waals surface area contributed by atoms with Crippen LogP contribution in [0.4, 0.5) is 0 Å². The molecule has 0 aliphatic carbocycles. The van der Waals surface area contributed by atoms with E-state index in [2.05, 4.69) is 0 Å². The first-order chi connectivity index (χ1) is 15.7. The maximum atomic E-state index is 13.4. The molecule has 0 N–H and O–H groups in total. The van der Waals surface area contributed by atoms with Crippen LogP contribution < -0.4 is 5.43 Å². The molecule has 2 aliphatic heterocycles. The molecule has 172 valence electrons.